The van der Waals surface area contributed by atoms with Gasteiger partial charge in [0.05, 0.1) is 12.7 Å². The van der Waals surface area contributed by atoms with E-state index in [2.05, 4.69) is 0 Å². The molecular weight excluding hydrogens is 234 g/mol. The number of hydrogen-bond acceptors (Lipinski definition) is 4. The van der Waals surface area contributed by atoms with Gasteiger partial charge in [0, 0.05) is 23.3 Å². The van der Waals surface area contributed by atoms with Crippen LogP contribution in [-0.4, -0.2) is 30.2 Å². The molecule has 3 nitrogen and oxygen atoms in total. The van der Waals surface area contributed by atoms with Gasteiger partial charge >= 0.3 is 0 Å². The third-order valence-corrected chi connectivity index (χ3v) is 3.52. The highest BCUT2D eigenvalue weighted by molar-refractivity contribution is 7.99. The molecular formula is C13H21NO2S. The highest BCUT2D eigenvalue weighted by Crippen LogP contribution is 2.21. The number of hydrogen-bond donors (Lipinski definition) is 2. The Hall–Kier alpha value is -0.550. The average molecular weight is 255 g/mol. The lowest BCUT2D eigenvalue weighted by Crippen LogP contribution is -2.17. The second-order valence-electron chi connectivity index (χ2n) is 3.98. The predicted molar refractivity (Wildman–Crippen MR) is 72.3 cm³/mol. The van der Waals surface area contributed by atoms with E-state index in [-0.39, 0.29) is 6.04 Å². The van der Waals surface area contributed by atoms with E-state index in [1.807, 2.05) is 38.1 Å². The van der Waals surface area contributed by atoms with Gasteiger partial charge in [-0.05, 0) is 31.5 Å². The lowest BCUT2D eigenvalue weighted by molar-refractivity contribution is 0.0551. The van der Waals surface area contributed by atoms with E-state index >= 15 is 0 Å². The first-order valence-electron chi connectivity index (χ1n) is 5.87. The molecule has 0 aliphatic carbocycles. The number of rotatable bonds is 7. The SMILES string of the molecule is CCOCC(O)CSc1ccc(C(C)N)cc1. The summed E-state index contributed by atoms with van der Waals surface area (Å²) in [4.78, 5) is 1.14. The van der Waals surface area contributed by atoms with Crippen molar-refractivity contribution in [2.75, 3.05) is 19.0 Å². The molecule has 4 heteroatoms. The van der Waals surface area contributed by atoms with E-state index in [0.717, 1.165) is 10.5 Å². The Labute approximate surface area is 107 Å². The molecule has 0 amide bonds. The molecule has 1 aromatic rings. The zero-order valence-corrected chi connectivity index (χ0v) is 11.2. The van der Waals surface area contributed by atoms with Gasteiger partial charge in [-0.3, -0.25) is 0 Å². The summed E-state index contributed by atoms with van der Waals surface area (Å²) in [6.45, 7) is 4.94. The van der Waals surface area contributed by atoms with Gasteiger partial charge in [-0.15, -0.1) is 11.8 Å². The molecule has 0 aromatic heterocycles. The Bertz CT molecular complexity index is 314. The van der Waals surface area contributed by atoms with E-state index in [4.69, 9.17) is 10.5 Å². The Morgan fingerprint density at radius 2 is 2.00 bits per heavy atom. The van der Waals surface area contributed by atoms with Gasteiger partial charge in [0.2, 0.25) is 0 Å². The fourth-order valence-electron chi connectivity index (χ4n) is 1.36. The Balaban J connectivity index is 2.36. The van der Waals surface area contributed by atoms with E-state index < -0.39 is 6.10 Å². The van der Waals surface area contributed by atoms with E-state index in [1.54, 1.807) is 11.8 Å². The summed E-state index contributed by atoms with van der Waals surface area (Å²) >= 11 is 1.63. The smallest absolute Gasteiger partial charge is 0.0867 e. The van der Waals surface area contributed by atoms with Crippen molar-refractivity contribution in [2.24, 2.45) is 5.73 Å². The molecule has 0 fully saturated rings. The summed E-state index contributed by atoms with van der Waals surface area (Å²) in [6, 6.07) is 8.20. The van der Waals surface area contributed by atoms with E-state index in [9.17, 15) is 5.11 Å². The van der Waals surface area contributed by atoms with Crippen LogP contribution < -0.4 is 5.73 Å². The molecule has 3 N–H and O–H groups in total. The van der Waals surface area contributed by atoms with Gasteiger partial charge in [0.15, 0.2) is 0 Å². The third-order valence-electron chi connectivity index (χ3n) is 2.36. The van der Waals surface area contributed by atoms with Crippen LogP contribution in [0.4, 0.5) is 0 Å². The molecule has 17 heavy (non-hydrogen) atoms. The topological polar surface area (TPSA) is 55.5 Å². The first-order valence-corrected chi connectivity index (χ1v) is 6.86. The van der Waals surface area contributed by atoms with Crippen molar-refractivity contribution >= 4 is 11.8 Å². The number of benzene rings is 1. The fourth-order valence-corrected chi connectivity index (χ4v) is 2.17. The zero-order valence-electron chi connectivity index (χ0n) is 10.4. The predicted octanol–water partition coefficient (Wildman–Crippen LogP) is 2.20. The Kier molecular flexibility index (Phi) is 6.58. The third kappa shape index (κ3) is 5.55. The average Bonchev–Trinajstić information content (AvgIpc) is 2.34. The molecule has 0 aliphatic rings. The molecule has 2 unspecified atom stereocenters. The Morgan fingerprint density at radius 1 is 1.35 bits per heavy atom. The quantitative estimate of drug-likeness (QED) is 0.733. The highest BCUT2D eigenvalue weighted by Gasteiger charge is 2.05. The van der Waals surface area contributed by atoms with Crippen molar-refractivity contribution in [3.05, 3.63) is 29.8 Å². The molecule has 0 radical (unpaired) electrons. The van der Waals surface area contributed by atoms with Crippen LogP contribution in [0, 0.1) is 0 Å². The number of ether oxygens (including phenoxy) is 1. The number of aliphatic hydroxyl groups excluding tert-OH is 1. The van der Waals surface area contributed by atoms with Gasteiger partial charge < -0.3 is 15.6 Å². The van der Waals surface area contributed by atoms with Crippen molar-refractivity contribution in [1.82, 2.24) is 0 Å². The van der Waals surface area contributed by atoms with Gasteiger partial charge in [-0.25, -0.2) is 0 Å². The molecule has 1 aromatic carbocycles. The van der Waals surface area contributed by atoms with Gasteiger partial charge in [0.25, 0.3) is 0 Å². The Morgan fingerprint density at radius 3 is 2.53 bits per heavy atom. The molecule has 0 bridgehead atoms. The second kappa shape index (κ2) is 7.71. The molecule has 0 saturated carbocycles. The summed E-state index contributed by atoms with van der Waals surface area (Å²) in [5.41, 5.74) is 6.91. The zero-order chi connectivity index (χ0) is 12.7. The van der Waals surface area contributed by atoms with Crippen LogP contribution in [0.3, 0.4) is 0 Å². The molecule has 2 atom stereocenters. The van der Waals surface area contributed by atoms with Crippen molar-refractivity contribution in [3.63, 3.8) is 0 Å². The summed E-state index contributed by atoms with van der Waals surface area (Å²) in [6.07, 6.45) is -0.409. The lowest BCUT2D eigenvalue weighted by Gasteiger charge is -2.10. The van der Waals surface area contributed by atoms with Crippen molar-refractivity contribution in [3.8, 4) is 0 Å². The number of thioether (sulfide) groups is 1. The lowest BCUT2D eigenvalue weighted by atomic mass is 10.1. The van der Waals surface area contributed by atoms with Crippen LogP contribution in [0.25, 0.3) is 0 Å². The standard InChI is InChI=1S/C13H21NO2S/c1-3-16-8-12(15)9-17-13-6-4-11(5-7-13)10(2)14/h4-7,10,12,15H,3,8-9,14H2,1-2H3. The maximum atomic E-state index is 9.62. The van der Waals surface area contributed by atoms with Crippen LogP contribution in [-0.2, 0) is 4.74 Å². The normalized spacial score (nSPS) is 14.6. The summed E-state index contributed by atoms with van der Waals surface area (Å²) < 4.78 is 5.15. The molecule has 0 saturated heterocycles. The summed E-state index contributed by atoms with van der Waals surface area (Å²) in [7, 11) is 0. The number of nitrogens with two attached hydrogens (primary N) is 1. The molecule has 96 valence electrons. The molecule has 0 spiro atoms. The minimum absolute atomic E-state index is 0.0672. The monoisotopic (exact) mass is 255 g/mol. The fraction of sp³-hybridized carbons (Fsp3) is 0.538. The highest BCUT2D eigenvalue weighted by atomic mass is 32.2. The van der Waals surface area contributed by atoms with Gasteiger partial charge in [-0.1, -0.05) is 12.1 Å². The maximum absolute atomic E-state index is 9.62. The largest absolute Gasteiger partial charge is 0.390 e. The van der Waals surface area contributed by atoms with E-state index in [1.165, 1.54) is 0 Å². The van der Waals surface area contributed by atoms with Gasteiger partial charge in [-0.2, -0.15) is 0 Å². The molecule has 0 aliphatic heterocycles. The van der Waals surface area contributed by atoms with Gasteiger partial charge in [0.1, 0.15) is 0 Å². The molecule has 0 heterocycles. The summed E-state index contributed by atoms with van der Waals surface area (Å²) in [5.74, 6) is 0.650. The van der Waals surface area contributed by atoms with Crippen molar-refractivity contribution < 1.29 is 9.84 Å². The number of aliphatic hydroxyl groups is 1. The minimum atomic E-state index is -0.409. The first kappa shape index (κ1) is 14.5. The minimum Gasteiger partial charge on any atom is -0.390 e. The van der Waals surface area contributed by atoms with Crippen LogP contribution in [0.15, 0.2) is 29.2 Å². The van der Waals surface area contributed by atoms with Crippen LogP contribution in [0.1, 0.15) is 25.5 Å². The molecule has 1 rings (SSSR count). The van der Waals surface area contributed by atoms with Crippen LogP contribution >= 0.6 is 11.8 Å². The second-order valence-corrected chi connectivity index (χ2v) is 5.08. The maximum Gasteiger partial charge on any atom is 0.0867 e. The van der Waals surface area contributed by atoms with Crippen LogP contribution in [0.2, 0.25) is 0 Å². The van der Waals surface area contributed by atoms with Crippen molar-refractivity contribution in [2.45, 2.75) is 30.9 Å². The van der Waals surface area contributed by atoms with Crippen molar-refractivity contribution in [1.29, 1.82) is 0 Å². The first-order chi connectivity index (χ1) is 8.13. The summed E-state index contributed by atoms with van der Waals surface area (Å²) in [5, 5.41) is 9.62. The van der Waals surface area contributed by atoms with Crippen LogP contribution in [0.5, 0.6) is 0 Å². The van der Waals surface area contributed by atoms with E-state index in [0.29, 0.717) is 19.0 Å².